The van der Waals surface area contributed by atoms with Crippen LogP contribution in [0.2, 0.25) is 5.02 Å². The van der Waals surface area contributed by atoms with Crippen molar-refractivity contribution in [3.05, 3.63) is 94.0 Å². The molecule has 1 saturated heterocycles. The fraction of sp³-hybridized carbons (Fsp3) is 0.120. The maximum absolute atomic E-state index is 12.9. The number of aryl methyl sites for hydroxylation is 1. The molecule has 162 valence electrons. The van der Waals surface area contributed by atoms with Crippen molar-refractivity contribution in [2.75, 3.05) is 12.1 Å². The Bertz CT molecular complexity index is 1210. The first-order valence-electron chi connectivity index (χ1n) is 9.94. The van der Waals surface area contributed by atoms with Gasteiger partial charge in [-0.25, -0.2) is 5.01 Å². The number of carbonyl (C=O) groups is 2. The SMILES string of the molecule is COc1cc(/C=C2/C(=O)NN(c3ccc(C)c(Cl)c3)C2=O)ccc1OCc1ccccc1. The molecule has 1 aliphatic rings. The van der Waals surface area contributed by atoms with Gasteiger partial charge in [-0.15, -0.1) is 0 Å². The number of halogens is 1. The number of hydrazine groups is 1. The second-order valence-electron chi connectivity index (χ2n) is 7.26. The highest BCUT2D eigenvalue weighted by atomic mass is 35.5. The molecule has 1 fully saturated rings. The third-order valence-electron chi connectivity index (χ3n) is 5.04. The van der Waals surface area contributed by atoms with Gasteiger partial charge in [0.25, 0.3) is 11.8 Å². The van der Waals surface area contributed by atoms with Crippen LogP contribution < -0.4 is 19.9 Å². The van der Waals surface area contributed by atoms with E-state index in [0.717, 1.165) is 11.1 Å². The fourth-order valence-corrected chi connectivity index (χ4v) is 3.43. The van der Waals surface area contributed by atoms with E-state index in [9.17, 15) is 9.59 Å². The number of nitrogens with one attached hydrogen (secondary N) is 1. The molecule has 6 nitrogen and oxygen atoms in total. The third kappa shape index (κ3) is 4.45. The Labute approximate surface area is 191 Å². The highest BCUT2D eigenvalue weighted by molar-refractivity contribution is 6.33. The molecular weight excluding hydrogens is 428 g/mol. The van der Waals surface area contributed by atoms with Crippen LogP contribution >= 0.6 is 11.6 Å². The van der Waals surface area contributed by atoms with Crippen LogP contribution in [0.4, 0.5) is 5.69 Å². The summed E-state index contributed by atoms with van der Waals surface area (Å²) in [6.45, 7) is 2.26. The Balaban J connectivity index is 1.55. The van der Waals surface area contributed by atoms with Crippen molar-refractivity contribution in [3.63, 3.8) is 0 Å². The molecule has 7 heteroatoms. The Morgan fingerprint density at radius 2 is 1.78 bits per heavy atom. The van der Waals surface area contributed by atoms with Gasteiger partial charge in [0.05, 0.1) is 12.8 Å². The fourth-order valence-electron chi connectivity index (χ4n) is 3.26. The third-order valence-corrected chi connectivity index (χ3v) is 5.45. The lowest BCUT2D eigenvalue weighted by atomic mass is 10.1. The van der Waals surface area contributed by atoms with Crippen LogP contribution in [0.1, 0.15) is 16.7 Å². The van der Waals surface area contributed by atoms with Gasteiger partial charge >= 0.3 is 0 Å². The normalized spacial score (nSPS) is 14.6. The number of ether oxygens (including phenoxy) is 2. The van der Waals surface area contributed by atoms with E-state index in [1.54, 1.807) is 36.4 Å². The summed E-state index contributed by atoms with van der Waals surface area (Å²) in [6.07, 6.45) is 1.52. The zero-order chi connectivity index (χ0) is 22.7. The van der Waals surface area contributed by atoms with E-state index in [2.05, 4.69) is 5.43 Å². The highest BCUT2D eigenvalue weighted by Gasteiger charge is 2.34. The average Bonchev–Trinajstić information content (AvgIpc) is 3.09. The van der Waals surface area contributed by atoms with Gasteiger partial charge in [0, 0.05) is 5.02 Å². The molecule has 0 spiro atoms. The number of methoxy groups -OCH3 is 1. The summed E-state index contributed by atoms with van der Waals surface area (Å²) >= 11 is 6.16. The van der Waals surface area contributed by atoms with Crippen LogP contribution in [0.3, 0.4) is 0 Å². The summed E-state index contributed by atoms with van der Waals surface area (Å²) in [5.41, 5.74) is 5.63. The topological polar surface area (TPSA) is 67.9 Å². The minimum atomic E-state index is -0.491. The molecule has 0 bridgehead atoms. The van der Waals surface area contributed by atoms with E-state index in [1.807, 2.05) is 37.3 Å². The van der Waals surface area contributed by atoms with Gasteiger partial charge in [-0.05, 0) is 54.0 Å². The van der Waals surface area contributed by atoms with Gasteiger partial charge < -0.3 is 9.47 Å². The number of hydrogen-bond donors (Lipinski definition) is 1. The molecule has 4 rings (SSSR count). The first-order chi connectivity index (χ1) is 15.5. The second-order valence-corrected chi connectivity index (χ2v) is 7.66. The summed E-state index contributed by atoms with van der Waals surface area (Å²) in [6, 6.07) is 20.2. The molecule has 32 heavy (non-hydrogen) atoms. The molecule has 0 aliphatic carbocycles. The van der Waals surface area contributed by atoms with Gasteiger partial charge in [0.2, 0.25) is 0 Å². The van der Waals surface area contributed by atoms with Crippen molar-refractivity contribution in [3.8, 4) is 11.5 Å². The van der Waals surface area contributed by atoms with Gasteiger partial charge in [0.1, 0.15) is 12.2 Å². The maximum atomic E-state index is 12.9. The number of anilines is 1. The van der Waals surface area contributed by atoms with Crippen LogP contribution in [-0.4, -0.2) is 18.9 Å². The summed E-state index contributed by atoms with van der Waals surface area (Å²) in [4.78, 5) is 25.3. The molecule has 0 unspecified atom stereocenters. The molecule has 0 saturated carbocycles. The van der Waals surface area contributed by atoms with Crippen LogP contribution in [0.15, 0.2) is 72.3 Å². The smallest absolute Gasteiger partial charge is 0.282 e. The van der Waals surface area contributed by atoms with E-state index in [1.165, 1.54) is 18.2 Å². The average molecular weight is 449 g/mol. The van der Waals surface area contributed by atoms with Crippen molar-refractivity contribution in [2.45, 2.75) is 13.5 Å². The van der Waals surface area contributed by atoms with Gasteiger partial charge in [-0.2, -0.15) is 0 Å². The molecule has 1 heterocycles. The van der Waals surface area contributed by atoms with E-state index in [-0.39, 0.29) is 5.57 Å². The largest absolute Gasteiger partial charge is 0.493 e. The first-order valence-corrected chi connectivity index (χ1v) is 10.3. The number of rotatable bonds is 6. The van der Waals surface area contributed by atoms with Crippen LogP contribution in [0.5, 0.6) is 11.5 Å². The Kier molecular flexibility index (Phi) is 6.14. The zero-order valence-corrected chi connectivity index (χ0v) is 18.3. The second kappa shape index (κ2) is 9.16. The number of nitrogens with zero attached hydrogens (tertiary/aromatic N) is 1. The zero-order valence-electron chi connectivity index (χ0n) is 17.6. The van der Waals surface area contributed by atoms with E-state index >= 15 is 0 Å². The number of carbonyl (C=O) groups excluding carboxylic acids is 2. The lowest BCUT2D eigenvalue weighted by molar-refractivity contribution is -0.117. The first kappa shape index (κ1) is 21.5. The van der Waals surface area contributed by atoms with Crippen molar-refractivity contribution in [1.82, 2.24) is 5.43 Å². The summed E-state index contributed by atoms with van der Waals surface area (Å²) in [5, 5.41) is 1.70. The standard InChI is InChI=1S/C25H21ClN2O4/c1-16-8-10-19(14-21(16)26)28-25(30)20(24(29)27-28)12-18-9-11-22(23(13-18)31-2)32-15-17-6-4-3-5-7-17/h3-14H,15H2,1-2H3,(H,27,29)/b20-12-. The van der Waals surface area contributed by atoms with Crippen molar-refractivity contribution >= 4 is 35.2 Å². The molecule has 1 aliphatic heterocycles. The monoisotopic (exact) mass is 448 g/mol. The minimum absolute atomic E-state index is 0.0155. The van der Waals surface area contributed by atoms with Crippen molar-refractivity contribution < 1.29 is 19.1 Å². The quantitative estimate of drug-likeness (QED) is 0.438. The minimum Gasteiger partial charge on any atom is -0.493 e. The van der Waals surface area contributed by atoms with Crippen LogP contribution in [-0.2, 0) is 16.2 Å². The molecule has 0 aromatic heterocycles. The van der Waals surface area contributed by atoms with E-state index in [0.29, 0.717) is 34.4 Å². The molecule has 2 amide bonds. The van der Waals surface area contributed by atoms with Crippen LogP contribution in [0.25, 0.3) is 6.08 Å². The molecule has 3 aromatic rings. The molecule has 0 radical (unpaired) electrons. The van der Waals surface area contributed by atoms with E-state index in [4.69, 9.17) is 21.1 Å². The summed E-state index contributed by atoms with van der Waals surface area (Å²) < 4.78 is 11.3. The lowest BCUT2D eigenvalue weighted by Gasteiger charge is -2.15. The molecular formula is C25H21ClN2O4. The van der Waals surface area contributed by atoms with Crippen LogP contribution in [0, 0.1) is 6.92 Å². The highest BCUT2D eigenvalue weighted by Crippen LogP contribution is 2.31. The Morgan fingerprint density at radius 3 is 2.50 bits per heavy atom. The lowest BCUT2D eigenvalue weighted by Crippen LogP contribution is -2.35. The Morgan fingerprint density at radius 1 is 1.00 bits per heavy atom. The predicted molar refractivity (Wildman–Crippen MR) is 124 cm³/mol. The number of benzene rings is 3. The summed E-state index contributed by atoms with van der Waals surface area (Å²) in [5.74, 6) is 0.119. The van der Waals surface area contributed by atoms with Gasteiger partial charge in [-0.3, -0.25) is 15.0 Å². The van der Waals surface area contributed by atoms with Crippen molar-refractivity contribution in [2.24, 2.45) is 0 Å². The number of amides is 2. The maximum Gasteiger partial charge on any atom is 0.282 e. The van der Waals surface area contributed by atoms with Gasteiger partial charge in [0.15, 0.2) is 11.5 Å². The molecule has 1 N–H and O–H groups in total. The number of hydrogen-bond acceptors (Lipinski definition) is 4. The predicted octanol–water partition coefficient (Wildman–Crippen LogP) is 4.70. The Hall–Kier alpha value is -3.77. The van der Waals surface area contributed by atoms with Crippen molar-refractivity contribution in [1.29, 1.82) is 0 Å². The molecule has 0 atom stereocenters. The summed E-state index contributed by atoms with van der Waals surface area (Å²) in [7, 11) is 1.54. The van der Waals surface area contributed by atoms with E-state index < -0.39 is 11.8 Å². The molecule has 3 aromatic carbocycles. The van der Waals surface area contributed by atoms with Gasteiger partial charge in [-0.1, -0.05) is 54.1 Å².